The van der Waals surface area contributed by atoms with Gasteiger partial charge in [0.25, 0.3) is 0 Å². The topological polar surface area (TPSA) is 60.7 Å². The van der Waals surface area contributed by atoms with E-state index >= 15 is 0 Å². The summed E-state index contributed by atoms with van der Waals surface area (Å²) < 4.78 is 0. The first-order chi connectivity index (χ1) is 4.63. The third kappa shape index (κ3) is 1.31. The fraction of sp³-hybridized carbons (Fsp3) is 1.00. The van der Waals surface area contributed by atoms with Crippen LogP contribution < -0.4 is 0 Å². The van der Waals surface area contributed by atoms with Crippen molar-refractivity contribution in [3.05, 3.63) is 0 Å². The standard InChI is InChI=1S/C7H14O3/c1-4-2-3-5(8)7(10)6(4)9/h4-10H,2-3H2,1H3/t4-,5-,6?,7+/m1/s1. The summed E-state index contributed by atoms with van der Waals surface area (Å²) in [6.45, 7) is 1.87. The molecule has 1 fully saturated rings. The molecule has 0 aromatic carbocycles. The zero-order chi connectivity index (χ0) is 7.72. The molecule has 3 nitrogen and oxygen atoms in total. The summed E-state index contributed by atoms with van der Waals surface area (Å²) in [4.78, 5) is 0. The largest absolute Gasteiger partial charge is 0.390 e. The van der Waals surface area contributed by atoms with E-state index in [-0.39, 0.29) is 5.92 Å². The Morgan fingerprint density at radius 1 is 1.00 bits per heavy atom. The van der Waals surface area contributed by atoms with E-state index in [1.54, 1.807) is 0 Å². The number of hydrogen-bond acceptors (Lipinski definition) is 3. The van der Waals surface area contributed by atoms with E-state index in [2.05, 4.69) is 0 Å². The highest BCUT2D eigenvalue weighted by Crippen LogP contribution is 2.24. The van der Waals surface area contributed by atoms with Gasteiger partial charge in [-0.25, -0.2) is 0 Å². The third-order valence-electron chi connectivity index (χ3n) is 2.24. The Morgan fingerprint density at radius 2 is 1.60 bits per heavy atom. The summed E-state index contributed by atoms with van der Waals surface area (Å²) in [6.07, 6.45) is -1.03. The molecule has 1 saturated carbocycles. The maximum Gasteiger partial charge on any atom is 0.106 e. The Morgan fingerprint density at radius 3 is 2.10 bits per heavy atom. The second-order valence-electron chi connectivity index (χ2n) is 3.10. The highest BCUT2D eigenvalue weighted by molar-refractivity contribution is 4.84. The maximum absolute atomic E-state index is 9.21. The molecule has 3 heteroatoms. The third-order valence-corrected chi connectivity index (χ3v) is 2.24. The molecule has 0 spiro atoms. The molecular formula is C7H14O3. The molecule has 0 heterocycles. The molecule has 10 heavy (non-hydrogen) atoms. The van der Waals surface area contributed by atoms with Crippen LogP contribution in [0.3, 0.4) is 0 Å². The van der Waals surface area contributed by atoms with Crippen LogP contribution in [0, 0.1) is 5.92 Å². The molecule has 1 aliphatic carbocycles. The molecule has 0 aromatic heterocycles. The molecule has 1 rings (SSSR count). The number of hydrogen-bond donors (Lipinski definition) is 3. The van der Waals surface area contributed by atoms with E-state index in [4.69, 9.17) is 10.2 Å². The predicted molar refractivity (Wildman–Crippen MR) is 36.4 cm³/mol. The molecule has 0 aliphatic heterocycles. The lowest BCUT2D eigenvalue weighted by Crippen LogP contribution is -2.45. The van der Waals surface area contributed by atoms with Crippen LogP contribution in [-0.4, -0.2) is 33.6 Å². The van der Waals surface area contributed by atoms with Crippen LogP contribution in [0.2, 0.25) is 0 Å². The highest BCUT2D eigenvalue weighted by Gasteiger charge is 2.33. The van der Waals surface area contributed by atoms with Gasteiger partial charge in [0.2, 0.25) is 0 Å². The van der Waals surface area contributed by atoms with Gasteiger partial charge in [-0.15, -0.1) is 0 Å². The van der Waals surface area contributed by atoms with E-state index in [1.807, 2.05) is 6.92 Å². The summed E-state index contributed by atoms with van der Waals surface area (Å²) in [6, 6.07) is 0. The molecule has 0 amide bonds. The Bertz CT molecular complexity index is 101. The van der Waals surface area contributed by atoms with Crippen molar-refractivity contribution in [1.29, 1.82) is 0 Å². The van der Waals surface area contributed by atoms with E-state index in [0.717, 1.165) is 6.42 Å². The number of aliphatic hydroxyl groups is 3. The van der Waals surface area contributed by atoms with E-state index < -0.39 is 18.3 Å². The Balaban J connectivity index is 2.52. The van der Waals surface area contributed by atoms with Crippen LogP contribution in [0.4, 0.5) is 0 Å². The fourth-order valence-electron chi connectivity index (χ4n) is 1.34. The number of rotatable bonds is 0. The monoisotopic (exact) mass is 146 g/mol. The SMILES string of the molecule is C[C@@H]1CC[C@@H](O)[C@H](O)C1O. The summed E-state index contributed by atoms with van der Waals surface area (Å²) in [5.41, 5.74) is 0. The van der Waals surface area contributed by atoms with Crippen molar-refractivity contribution in [2.24, 2.45) is 5.92 Å². The van der Waals surface area contributed by atoms with Gasteiger partial charge >= 0.3 is 0 Å². The van der Waals surface area contributed by atoms with Gasteiger partial charge < -0.3 is 15.3 Å². The van der Waals surface area contributed by atoms with E-state index in [0.29, 0.717) is 6.42 Å². The summed E-state index contributed by atoms with van der Waals surface area (Å²) >= 11 is 0. The Hall–Kier alpha value is -0.120. The summed E-state index contributed by atoms with van der Waals surface area (Å²) in [7, 11) is 0. The lowest BCUT2D eigenvalue weighted by Gasteiger charge is -2.32. The molecule has 60 valence electrons. The molecule has 1 aliphatic rings. The van der Waals surface area contributed by atoms with Crippen molar-refractivity contribution in [3.8, 4) is 0 Å². The van der Waals surface area contributed by atoms with Gasteiger partial charge in [-0.3, -0.25) is 0 Å². The van der Waals surface area contributed by atoms with Gasteiger partial charge in [0, 0.05) is 0 Å². The second kappa shape index (κ2) is 2.86. The van der Waals surface area contributed by atoms with Gasteiger partial charge in [0.1, 0.15) is 6.10 Å². The summed E-state index contributed by atoms with van der Waals surface area (Å²) in [5, 5.41) is 27.4. The Labute approximate surface area is 60.3 Å². The van der Waals surface area contributed by atoms with Gasteiger partial charge in [-0.1, -0.05) is 6.92 Å². The van der Waals surface area contributed by atoms with Gasteiger partial charge in [0.15, 0.2) is 0 Å². The Kier molecular flexibility index (Phi) is 2.28. The average Bonchev–Trinajstić information content (AvgIpc) is 1.93. The molecule has 4 atom stereocenters. The van der Waals surface area contributed by atoms with Crippen LogP contribution in [-0.2, 0) is 0 Å². The van der Waals surface area contributed by atoms with E-state index in [9.17, 15) is 5.11 Å². The lowest BCUT2D eigenvalue weighted by molar-refractivity contribution is -0.106. The molecular weight excluding hydrogens is 132 g/mol. The zero-order valence-corrected chi connectivity index (χ0v) is 6.07. The van der Waals surface area contributed by atoms with Crippen molar-refractivity contribution >= 4 is 0 Å². The van der Waals surface area contributed by atoms with E-state index in [1.165, 1.54) is 0 Å². The molecule has 3 N–H and O–H groups in total. The smallest absolute Gasteiger partial charge is 0.106 e. The van der Waals surface area contributed by atoms with Crippen LogP contribution in [0.5, 0.6) is 0 Å². The normalized spacial score (nSPS) is 49.2. The van der Waals surface area contributed by atoms with Crippen molar-refractivity contribution < 1.29 is 15.3 Å². The lowest BCUT2D eigenvalue weighted by atomic mass is 9.84. The molecule has 0 saturated heterocycles. The molecule has 0 radical (unpaired) electrons. The van der Waals surface area contributed by atoms with Crippen molar-refractivity contribution in [3.63, 3.8) is 0 Å². The fourth-order valence-corrected chi connectivity index (χ4v) is 1.34. The first-order valence-electron chi connectivity index (χ1n) is 3.67. The van der Waals surface area contributed by atoms with Gasteiger partial charge in [-0.05, 0) is 18.8 Å². The molecule has 0 bridgehead atoms. The van der Waals surface area contributed by atoms with Gasteiger partial charge in [-0.2, -0.15) is 0 Å². The molecule has 0 aromatic rings. The van der Waals surface area contributed by atoms with Crippen molar-refractivity contribution in [1.82, 2.24) is 0 Å². The predicted octanol–water partition coefficient (Wildman–Crippen LogP) is -0.501. The van der Waals surface area contributed by atoms with Crippen LogP contribution in [0.15, 0.2) is 0 Å². The van der Waals surface area contributed by atoms with Crippen LogP contribution in [0.25, 0.3) is 0 Å². The quantitative estimate of drug-likeness (QED) is 0.431. The first-order valence-corrected chi connectivity index (χ1v) is 3.67. The zero-order valence-electron chi connectivity index (χ0n) is 6.07. The van der Waals surface area contributed by atoms with Crippen molar-refractivity contribution in [2.45, 2.75) is 38.1 Å². The average molecular weight is 146 g/mol. The van der Waals surface area contributed by atoms with Crippen LogP contribution in [0.1, 0.15) is 19.8 Å². The van der Waals surface area contributed by atoms with Crippen molar-refractivity contribution in [2.75, 3.05) is 0 Å². The maximum atomic E-state index is 9.21. The molecule has 1 unspecified atom stereocenters. The minimum atomic E-state index is -0.941. The van der Waals surface area contributed by atoms with Gasteiger partial charge in [0.05, 0.1) is 12.2 Å². The minimum Gasteiger partial charge on any atom is -0.390 e. The second-order valence-corrected chi connectivity index (χ2v) is 3.10. The first kappa shape index (κ1) is 7.98. The highest BCUT2D eigenvalue weighted by atomic mass is 16.4. The number of aliphatic hydroxyl groups excluding tert-OH is 3. The van der Waals surface area contributed by atoms with Crippen LogP contribution >= 0.6 is 0 Å². The summed E-state index contributed by atoms with van der Waals surface area (Å²) in [5.74, 6) is 0.110. The minimum absolute atomic E-state index is 0.110.